The Balaban J connectivity index is 1.80. The summed E-state index contributed by atoms with van der Waals surface area (Å²) >= 11 is 0. The number of nitrogens with one attached hydrogen (secondary N) is 1. The lowest BCUT2D eigenvalue weighted by molar-refractivity contribution is 0.0943. The van der Waals surface area contributed by atoms with Gasteiger partial charge in [0.05, 0.1) is 16.3 Å². The van der Waals surface area contributed by atoms with Gasteiger partial charge in [-0.05, 0) is 41.8 Å². The molecule has 1 aromatic heterocycles. The monoisotopic (exact) mass is 398 g/mol. The van der Waals surface area contributed by atoms with Crippen LogP contribution in [0.5, 0.6) is 0 Å². The lowest BCUT2D eigenvalue weighted by Crippen LogP contribution is -2.25. The molecular weight excluding hydrogens is 376 g/mol. The van der Waals surface area contributed by atoms with Gasteiger partial charge in [0.1, 0.15) is 5.69 Å². The molecule has 0 aliphatic heterocycles. The fourth-order valence-corrected chi connectivity index (χ4v) is 3.19. The van der Waals surface area contributed by atoms with E-state index in [2.05, 4.69) is 10.4 Å². The fraction of sp³-hybridized carbons (Fsp3) is 0.200. The van der Waals surface area contributed by atoms with Crippen molar-refractivity contribution in [1.82, 2.24) is 15.1 Å². The molecule has 0 atom stereocenters. The lowest BCUT2D eigenvalue weighted by atomic mass is 10.1. The summed E-state index contributed by atoms with van der Waals surface area (Å²) in [5.41, 5.74) is 2.83. The zero-order chi connectivity index (χ0) is 20.3. The number of hydrogen-bond donors (Lipinski definition) is 2. The number of amides is 1. The molecule has 146 valence electrons. The molecule has 0 saturated carbocycles. The van der Waals surface area contributed by atoms with Crippen LogP contribution in [-0.2, 0) is 16.6 Å². The molecule has 2 aromatic carbocycles. The molecule has 0 spiro atoms. The summed E-state index contributed by atoms with van der Waals surface area (Å²) in [6.07, 6.45) is 0. The van der Waals surface area contributed by atoms with Crippen LogP contribution in [0.1, 0.15) is 41.5 Å². The van der Waals surface area contributed by atoms with Crippen molar-refractivity contribution >= 4 is 15.9 Å². The van der Waals surface area contributed by atoms with Crippen molar-refractivity contribution in [1.29, 1.82) is 0 Å². The molecule has 0 fully saturated rings. The second kappa shape index (κ2) is 7.95. The Morgan fingerprint density at radius 1 is 1.11 bits per heavy atom. The third kappa shape index (κ3) is 4.47. The maximum absolute atomic E-state index is 12.8. The first kappa shape index (κ1) is 19.8. The van der Waals surface area contributed by atoms with Gasteiger partial charge in [0.2, 0.25) is 10.0 Å². The molecule has 3 N–H and O–H groups in total. The van der Waals surface area contributed by atoms with Crippen molar-refractivity contribution < 1.29 is 13.2 Å². The highest BCUT2D eigenvalue weighted by molar-refractivity contribution is 7.89. The van der Waals surface area contributed by atoms with Gasteiger partial charge in [-0.3, -0.25) is 4.79 Å². The van der Waals surface area contributed by atoms with Gasteiger partial charge in [0.25, 0.3) is 5.91 Å². The summed E-state index contributed by atoms with van der Waals surface area (Å²) in [6.45, 7) is 4.29. The number of rotatable bonds is 6. The number of sulfonamides is 1. The minimum atomic E-state index is -3.73. The van der Waals surface area contributed by atoms with E-state index in [0.29, 0.717) is 5.69 Å². The molecule has 0 saturated heterocycles. The summed E-state index contributed by atoms with van der Waals surface area (Å²) in [4.78, 5) is 12.8. The Kier molecular flexibility index (Phi) is 5.62. The molecule has 0 bridgehead atoms. The van der Waals surface area contributed by atoms with Crippen LogP contribution in [0, 0.1) is 0 Å². The number of hydrogen-bond acceptors (Lipinski definition) is 4. The average Bonchev–Trinajstić information content (AvgIpc) is 3.12. The summed E-state index contributed by atoms with van der Waals surface area (Å²) in [7, 11) is -3.73. The summed E-state index contributed by atoms with van der Waals surface area (Å²) in [5, 5.41) is 12.5. The Labute approximate surface area is 164 Å². The zero-order valence-corrected chi connectivity index (χ0v) is 16.5. The second-order valence-corrected chi connectivity index (χ2v) is 8.29. The van der Waals surface area contributed by atoms with Crippen LogP contribution in [0.15, 0.2) is 65.6 Å². The Hall–Kier alpha value is -2.97. The van der Waals surface area contributed by atoms with Gasteiger partial charge in [-0.25, -0.2) is 18.2 Å². The van der Waals surface area contributed by atoms with E-state index in [1.807, 2.05) is 44.2 Å². The first-order chi connectivity index (χ1) is 13.3. The number of carbonyl (C=O) groups excluding carboxylic acids is 1. The van der Waals surface area contributed by atoms with Crippen LogP contribution >= 0.6 is 0 Å². The number of primary sulfonamides is 1. The Morgan fingerprint density at radius 2 is 1.75 bits per heavy atom. The molecule has 0 aliphatic carbocycles. The minimum absolute atomic E-state index is 0.0336. The van der Waals surface area contributed by atoms with Crippen LogP contribution in [0.4, 0.5) is 0 Å². The summed E-state index contributed by atoms with van der Waals surface area (Å²) in [5.74, 6) is -0.0824. The molecule has 0 unspecified atom stereocenters. The first-order valence-electron chi connectivity index (χ1n) is 8.81. The van der Waals surface area contributed by atoms with Gasteiger partial charge < -0.3 is 5.32 Å². The number of nitrogens with zero attached hydrogens (tertiary/aromatic N) is 2. The number of aromatic nitrogens is 2. The highest BCUT2D eigenvalue weighted by Gasteiger charge is 2.18. The number of carbonyl (C=O) groups is 1. The van der Waals surface area contributed by atoms with Crippen LogP contribution in [0.2, 0.25) is 0 Å². The maximum Gasteiger partial charge on any atom is 0.270 e. The standard InChI is InChI=1S/C20H22N4O3S/c1-14(2)18-12-19(24(23-18)16-6-4-3-5-7-16)20(25)22-13-15-8-10-17(11-9-15)28(21,26)27/h3-12,14H,13H2,1-2H3,(H,22,25)(H2,21,26,27). The molecule has 0 aliphatic rings. The molecule has 3 rings (SSSR count). The van der Waals surface area contributed by atoms with E-state index < -0.39 is 10.0 Å². The normalized spacial score (nSPS) is 11.6. The Bertz CT molecular complexity index is 1070. The predicted molar refractivity (Wildman–Crippen MR) is 107 cm³/mol. The largest absolute Gasteiger partial charge is 0.347 e. The van der Waals surface area contributed by atoms with E-state index in [0.717, 1.165) is 16.9 Å². The lowest BCUT2D eigenvalue weighted by Gasteiger charge is -2.09. The van der Waals surface area contributed by atoms with Gasteiger partial charge in [0.15, 0.2) is 0 Å². The van der Waals surface area contributed by atoms with E-state index in [1.54, 1.807) is 22.9 Å². The summed E-state index contributed by atoms with van der Waals surface area (Å²) < 4.78 is 24.3. The first-order valence-corrected chi connectivity index (χ1v) is 10.4. The highest BCUT2D eigenvalue weighted by atomic mass is 32.2. The fourth-order valence-electron chi connectivity index (χ4n) is 2.68. The van der Waals surface area contributed by atoms with Gasteiger partial charge in [-0.15, -0.1) is 0 Å². The topological polar surface area (TPSA) is 107 Å². The smallest absolute Gasteiger partial charge is 0.270 e. The van der Waals surface area contributed by atoms with E-state index >= 15 is 0 Å². The second-order valence-electron chi connectivity index (χ2n) is 6.73. The van der Waals surface area contributed by atoms with Crippen LogP contribution < -0.4 is 10.5 Å². The molecule has 1 amide bonds. The van der Waals surface area contributed by atoms with E-state index in [1.165, 1.54) is 12.1 Å². The SMILES string of the molecule is CC(C)c1cc(C(=O)NCc2ccc(S(N)(=O)=O)cc2)n(-c2ccccc2)n1. The molecule has 8 heteroatoms. The summed E-state index contributed by atoms with van der Waals surface area (Å²) in [6, 6.07) is 17.3. The van der Waals surface area contributed by atoms with Crippen molar-refractivity contribution in [3.05, 3.63) is 77.6 Å². The molecular formula is C20H22N4O3S. The average molecular weight is 398 g/mol. The minimum Gasteiger partial charge on any atom is -0.347 e. The maximum atomic E-state index is 12.8. The number of nitrogens with two attached hydrogens (primary N) is 1. The van der Waals surface area contributed by atoms with Crippen LogP contribution in [0.25, 0.3) is 5.69 Å². The van der Waals surface area contributed by atoms with Crippen molar-refractivity contribution in [2.75, 3.05) is 0 Å². The number of para-hydroxylation sites is 1. The van der Waals surface area contributed by atoms with Crippen molar-refractivity contribution in [2.24, 2.45) is 5.14 Å². The van der Waals surface area contributed by atoms with Crippen molar-refractivity contribution in [3.63, 3.8) is 0 Å². The van der Waals surface area contributed by atoms with Crippen molar-refractivity contribution in [2.45, 2.75) is 31.2 Å². The predicted octanol–water partition coefficient (Wildman–Crippen LogP) is 2.57. The van der Waals surface area contributed by atoms with Gasteiger partial charge in [-0.1, -0.05) is 44.2 Å². The third-order valence-corrected chi connectivity index (χ3v) is 5.19. The van der Waals surface area contributed by atoms with E-state index in [4.69, 9.17) is 5.14 Å². The van der Waals surface area contributed by atoms with Crippen molar-refractivity contribution in [3.8, 4) is 5.69 Å². The zero-order valence-electron chi connectivity index (χ0n) is 15.7. The highest BCUT2D eigenvalue weighted by Crippen LogP contribution is 2.18. The molecule has 0 radical (unpaired) electrons. The molecule has 7 nitrogen and oxygen atoms in total. The van der Waals surface area contributed by atoms with E-state index in [-0.39, 0.29) is 23.3 Å². The van der Waals surface area contributed by atoms with E-state index in [9.17, 15) is 13.2 Å². The van der Waals surface area contributed by atoms with Crippen LogP contribution in [-0.4, -0.2) is 24.1 Å². The Morgan fingerprint density at radius 3 is 2.32 bits per heavy atom. The van der Waals surface area contributed by atoms with Gasteiger partial charge in [-0.2, -0.15) is 5.10 Å². The molecule has 28 heavy (non-hydrogen) atoms. The molecule has 3 aromatic rings. The third-order valence-electron chi connectivity index (χ3n) is 4.26. The van der Waals surface area contributed by atoms with Crippen LogP contribution in [0.3, 0.4) is 0 Å². The van der Waals surface area contributed by atoms with Gasteiger partial charge >= 0.3 is 0 Å². The quantitative estimate of drug-likeness (QED) is 0.665. The van der Waals surface area contributed by atoms with Gasteiger partial charge in [0, 0.05) is 6.54 Å². The molecule has 1 heterocycles. The number of benzene rings is 2.